The molecule has 0 bridgehead atoms. The number of hydrogen-bond acceptors (Lipinski definition) is 4. The minimum absolute atomic E-state index is 0.253. The second kappa shape index (κ2) is 10.6. The van der Waals surface area contributed by atoms with E-state index < -0.39 is 0 Å². The molecule has 2 aliphatic rings. The standard InChI is InChI=1S/C22H36ClN5O/c1-16(2)28-14-17(3)20(15-28)26-22(24-4)25-13-21(27-9-11-29-12-10-27)18-5-7-19(23)8-6-18/h5-8,16-17,20-21H,9-15H2,1-4H3,(H2,24,25,26). The van der Waals surface area contributed by atoms with Crippen LogP contribution in [-0.2, 0) is 4.74 Å². The molecule has 2 aliphatic heterocycles. The van der Waals surface area contributed by atoms with E-state index in [0.717, 1.165) is 56.9 Å². The van der Waals surface area contributed by atoms with Crippen LogP contribution in [0.25, 0.3) is 0 Å². The average Bonchev–Trinajstić information content (AvgIpc) is 3.10. The summed E-state index contributed by atoms with van der Waals surface area (Å²) in [5.41, 5.74) is 1.26. The van der Waals surface area contributed by atoms with Gasteiger partial charge in [-0.2, -0.15) is 0 Å². The number of rotatable bonds is 6. The Hall–Kier alpha value is -1.34. The summed E-state index contributed by atoms with van der Waals surface area (Å²) in [5.74, 6) is 1.47. The quantitative estimate of drug-likeness (QED) is 0.546. The predicted molar refractivity (Wildman–Crippen MR) is 121 cm³/mol. The largest absolute Gasteiger partial charge is 0.379 e. The van der Waals surface area contributed by atoms with Crippen LogP contribution in [0.3, 0.4) is 0 Å². The van der Waals surface area contributed by atoms with E-state index in [1.807, 2.05) is 19.2 Å². The lowest BCUT2D eigenvalue weighted by Gasteiger charge is -2.35. The number of aliphatic imine (C=N–C) groups is 1. The molecule has 2 fully saturated rings. The van der Waals surface area contributed by atoms with E-state index in [1.54, 1.807) is 0 Å². The van der Waals surface area contributed by atoms with Crippen LogP contribution >= 0.6 is 11.6 Å². The third-order valence-corrected chi connectivity index (χ3v) is 6.37. The topological polar surface area (TPSA) is 52.1 Å². The number of likely N-dealkylation sites (tertiary alicyclic amines) is 1. The Balaban J connectivity index is 1.63. The van der Waals surface area contributed by atoms with Crippen LogP contribution in [0.4, 0.5) is 0 Å². The number of halogens is 1. The summed E-state index contributed by atoms with van der Waals surface area (Å²) in [6.07, 6.45) is 0. The Labute approximate surface area is 180 Å². The first-order chi connectivity index (χ1) is 14.0. The first kappa shape index (κ1) is 22.3. The molecule has 0 amide bonds. The highest BCUT2D eigenvalue weighted by Gasteiger charge is 2.31. The second-order valence-corrected chi connectivity index (χ2v) is 8.88. The molecule has 2 saturated heterocycles. The predicted octanol–water partition coefficient (Wildman–Crippen LogP) is 2.61. The molecule has 1 aromatic carbocycles. The van der Waals surface area contributed by atoms with Crippen molar-refractivity contribution in [1.82, 2.24) is 20.4 Å². The van der Waals surface area contributed by atoms with Crippen LogP contribution in [-0.4, -0.2) is 80.8 Å². The number of morpholine rings is 1. The van der Waals surface area contributed by atoms with Gasteiger partial charge in [-0.25, -0.2) is 0 Å². The Bertz CT molecular complexity index is 660. The van der Waals surface area contributed by atoms with Crippen molar-refractivity contribution >= 4 is 17.6 Å². The summed E-state index contributed by atoms with van der Waals surface area (Å²) < 4.78 is 5.56. The lowest BCUT2D eigenvalue weighted by atomic mass is 10.0. The van der Waals surface area contributed by atoms with Crippen molar-refractivity contribution in [2.45, 2.75) is 38.9 Å². The Morgan fingerprint density at radius 1 is 1.17 bits per heavy atom. The van der Waals surface area contributed by atoms with Crippen molar-refractivity contribution in [1.29, 1.82) is 0 Å². The molecule has 0 aromatic heterocycles. The fraction of sp³-hybridized carbons (Fsp3) is 0.682. The Morgan fingerprint density at radius 2 is 1.86 bits per heavy atom. The van der Waals surface area contributed by atoms with Crippen LogP contribution in [0.15, 0.2) is 29.3 Å². The minimum Gasteiger partial charge on any atom is -0.379 e. The molecule has 0 saturated carbocycles. The Morgan fingerprint density at radius 3 is 2.45 bits per heavy atom. The van der Waals surface area contributed by atoms with E-state index in [0.29, 0.717) is 18.0 Å². The summed E-state index contributed by atoms with van der Waals surface area (Å²) in [4.78, 5) is 9.50. The molecule has 1 aromatic rings. The second-order valence-electron chi connectivity index (χ2n) is 8.44. The maximum absolute atomic E-state index is 6.11. The zero-order valence-corrected chi connectivity index (χ0v) is 19.0. The molecule has 0 spiro atoms. The van der Waals surface area contributed by atoms with Gasteiger partial charge in [-0.05, 0) is 37.5 Å². The van der Waals surface area contributed by atoms with Crippen LogP contribution in [0.2, 0.25) is 5.02 Å². The van der Waals surface area contributed by atoms with Gasteiger partial charge in [-0.15, -0.1) is 0 Å². The number of benzene rings is 1. The highest BCUT2D eigenvalue weighted by molar-refractivity contribution is 6.30. The molecule has 6 nitrogen and oxygen atoms in total. The number of ether oxygens (including phenoxy) is 1. The van der Waals surface area contributed by atoms with Gasteiger partial charge < -0.3 is 15.4 Å². The molecule has 3 rings (SSSR count). The van der Waals surface area contributed by atoms with E-state index in [-0.39, 0.29) is 6.04 Å². The van der Waals surface area contributed by atoms with Gasteiger partial charge in [0.15, 0.2) is 5.96 Å². The zero-order chi connectivity index (χ0) is 20.8. The smallest absolute Gasteiger partial charge is 0.191 e. The molecular weight excluding hydrogens is 386 g/mol. The van der Waals surface area contributed by atoms with E-state index in [2.05, 4.69) is 58.3 Å². The van der Waals surface area contributed by atoms with Gasteiger partial charge in [0.25, 0.3) is 0 Å². The van der Waals surface area contributed by atoms with Crippen LogP contribution < -0.4 is 10.6 Å². The Kier molecular flexibility index (Phi) is 8.18. The highest BCUT2D eigenvalue weighted by atomic mass is 35.5. The molecule has 2 heterocycles. The van der Waals surface area contributed by atoms with Crippen molar-refractivity contribution in [2.75, 3.05) is 53.0 Å². The number of hydrogen-bond donors (Lipinski definition) is 2. The van der Waals surface area contributed by atoms with Gasteiger partial charge >= 0.3 is 0 Å². The van der Waals surface area contributed by atoms with Gasteiger partial charge in [0, 0.05) is 56.9 Å². The summed E-state index contributed by atoms with van der Waals surface area (Å²) in [5, 5.41) is 8.00. The van der Waals surface area contributed by atoms with E-state index in [4.69, 9.17) is 16.3 Å². The highest BCUT2D eigenvalue weighted by Crippen LogP contribution is 2.23. The monoisotopic (exact) mass is 421 g/mol. The van der Waals surface area contributed by atoms with E-state index in [9.17, 15) is 0 Å². The summed E-state index contributed by atoms with van der Waals surface area (Å²) in [6, 6.07) is 9.44. The number of nitrogens with zero attached hydrogens (tertiary/aromatic N) is 3. The first-order valence-electron chi connectivity index (χ1n) is 10.8. The lowest BCUT2D eigenvalue weighted by molar-refractivity contribution is 0.0170. The van der Waals surface area contributed by atoms with Gasteiger partial charge in [-0.3, -0.25) is 14.8 Å². The first-order valence-corrected chi connectivity index (χ1v) is 11.1. The lowest BCUT2D eigenvalue weighted by Crippen LogP contribution is -2.50. The molecule has 7 heteroatoms. The third kappa shape index (κ3) is 6.07. The fourth-order valence-corrected chi connectivity index (χ4v) is 4.34. The molecule has 3 unspecified atom stereocenters. The SMILES string of the molecule is CN=C(NCC(c1ccc(Cl)cc1)N1CCOCC1)NC1CN(C(C)C)CC1C. The summed E-state index contributed by atoms with van der Waals surface area (Å²) in [7, 11) is 1.85. The fourth-order valence-electron chi connectivity index (χ4n) is 4.21. The third-order valence-electron chi connectivity index (χ3n) is 6.12. The molecule has 0 radical (unpaired) electrons. The van der Waals surface area contributed by atoms with E-state index in [1.165, 1.54) is 5.56 Å². The molecular formula is C22H36ClN5O. The normalized spacial score (nSPS) is 25.4. The molecule has 162 valence electrons. The molecule has 29 heavy (non-hydrogen) atoms. The van der Waals surface area contributed by atoms with Crippen molar-refractivity contribution in [3.8, 4) is 0 Å². The van der Waals surface area contributed by atoms with Crippen molar-refractivity contribution in [3.05, 3.63) is 34.9 Å². The van der Waals surface area contributed by atoms with Crippen molar-refractivity contribution in [3.63, 3.8) is 0 Å². The van der Waals surface area contributed by atoms with Gasteiger partial charge in [0.1, 0.15) is 0 Å². The summed E-state index contributed by atoms with van der Waals surface area (Å²) in [6.45, 7) is 13.3. The molecule has 2 N–H and O–H groups in total. The maximum atomic E-state index is 6.11. The molecule has 0 aliphatic carbocycles. The number of nitrogens with one attached hydrogen (secondary N) is 2. The van der Waals surface area contributed by atoms with Gasteiger partial charge in [-0.1, -0.05) is 30.7 Å². The number of guanidine groups is 1. The van der Waals surface area contributed by atoms with Gasteiger partial charge in [0.05, 0.1) is 19.3 Å². The molecule has 3 atom stereocenters. The average molecular weight is 422 g/mol. The van der Waals surface area contributed by atoms with Crippen LogP contribution in [0.1, 0.15) is 32.4 Å². The van der Waals surface area contributed by atoms with Crippen molar-refractivity contribution < 1.29 is 4.74 Å². The minimum atomic E-state index is 0.253. The van der Waals surface area contributed by atoms with Crippen molar-refractivity contribution in [2.24, 2.45) is 10.9 Å². The zero-order valence-electron chi connectivity index (χ0n) is 18.2. The van der Waals surface area contributed by atoms with Crippen LogP contribution in [0, 0.1) is 5.92 Å². The van der Waals surface area contributed by atoms with Gasteiger partial charge in [0.2, 0.25) is 0 Å². The summed E-state index contributed by atoms with van der Waals surface area (Å²) >= 11 is 6.11. The maximum Gasteiger partial charge on any atom is 0.191 e. The van der Waals surface area contributed by atoms with Crippen LogP contribution in [0.5, 0.6) is 0 Å². The van der Waals surface area contributed by atoms with E-state index >= 15 is 0 Å².